The fourth-order valence-corrected chi connectivity index (χ4v) is 1.41. The van der Waals surface area contributed by atoms with Crippen molar-refractivity contribution < 1.29 is 23.4 Å². The lowest BCUT2D eigenvalue weighted by molar-refractivity contribution is 0.0565. The maximum Gasteiger partial charge on any atom is 0.374 e. The monoisotopic (exact) mass is 238 g/mol. The van der Waals surface area contributed by atoms with Gasteiger partial charge in [0.2, 0.25) is 5.76 Å². The summed E-state index contributed by atoms with van der Waals surface area (Å²) in [6.45, 7) is 0. The summed E-state index contributed by atoms with van der Waals surface area (Å²) in [6, 6.07) is 2.58. The summed E-state index contributed by atoms with van der Waals surface area (Å²) in [6.07, 6.45) is 0. The third kappa shape index (κ3) is 1.84. The van der Waals surface area contributed by atoms with Crippen LogP contribution < -0.4 is 5.43 Å². The van der Waals surface area contributed by atoms with Crippen molar-refractivity contribution in [3.8, 4) is 5.75 Å². The molecule has 1 aromatic carbocycles. The SMILES string of the molecule is COC(=O)c1cc(=O)c2cc(F)cc(O)c2o1. The van der Waals surface area contributed by atoms with E-state index < -0.39 is 23.0 Å². The maximum absolute atomic E-state index is 13.0. The van der Waals surface area contributed by atoms with Crippen LogP contribution in [0.1, 0.15) is 10.6 Å². The number of hydrogen-bond acceptors (Lipinski definition) is 5. The summed E-state index contributed by atoms with van der Waals surface area (Å²) in [5.41, 5.74) is -0.888. The van der Waals surface area contributed by atoms with Gasteiger partial charge < -0.3 is 14.3 Å². The van der Waals surface area contributed by atoms with E-state index in [9.17, 15) is 19.1 Å². The van der Waals surface area contributed by atoms with E-state index in [1.54, 1.807) is 0 Å². The molecule has 0 spiro atoms. The lowest BCUT2D eigenvalue weighted by Crippen LogP contribution is -2.08. The molecule has 1 heterocycles. The molecule has 5 nitrogen and oxygen atoms in total. The number of phenolic OH excluding ortho intramolecular Hbond substituents is 1. The predicted octanol–water partition coefficient (Wildman–Crippen LogP) is 1.42. The van der Waals surface area contributed by atoms with E-state index in [-0.39, 0.29) is 16.7 Å². The van der Waals surface area contributed by atoms with Gasteiger partial charge >= 0.3 is 5.97 Å². The Bertz CT molecular complexity index is 659. The molecule has 0 saturated carbocycles. The smallest absolute Gasteiger partial charge is 0.374 e. The highest BCUT2D eigenvalue weighted by Gasteiger charge is 2.15. The molecule has 0 atom stereocenters. The molecule has 0 aliphatic heterocycles. The number of phenols is 1. The minimum absolute atomic E-state index is 0.143. The summed E-state index contributed by atoms with van der Waals surface area (Å²) in [5, 5.41) is 9.29. The third-order valence-corrected chi connectivity index (χ3v) is 2.16. The average Bonchev–Trinajstić information content (AvgIpc) is 2.29. The zero-order valence-electron chi connectivity index (χ0n) is 8.69. The lowest BCUT2D eigenvalue weighted by atomic mass is 10.2. The highest BCUT2D eigenvalue weighted by molar-refractivity contribution is 5.90. The Kier molecular flexibility index (Phi) is 2.55. The van der Waals surface area contributed by atoms with Gasteiger partial charge in [-0.15, -0.1) is 0 Å². The van der Waals surface area contributed by atoms with E-state index in [2.05, 4.69) is 4.74 Å². The number of carbonyl (C=O) groups excluding carboxylic acids is 1. The van der Waals surface area contributed by atoms with Crippen molar-refractivity contribution in [2.75, 3.05) is 7.11 Å². The summed E-state index contributed by atoms with van der Waals surface area (Å²) in [5.74, 6) is -2.53. The first-order valence-corrected chi connectivity index (χ1v) is 4.57. The summed E-state index contributed by atoms with van der Waals surface area (Å²) in [7, 11) is 1.12. The molecule has 0 aliphatic carbocycles. The van der Waals surface area contributed by atoms with E-state index in [1.165, 1.54) is 0 Å². The number of aromatic hydroxyl groups is 1. The second-order valence-electron chi connectivity index (χ2n) is 3.27. The van der Waals surface area contributed by atoms with E-state index in [4.69, 9.17) is 4.42 Å². The number of hydrogen-bond donors (Lipinski definition) is 1. The molecule has 0 fully saturated rings. The number of carbonyl (C=O) groups is 1. The van der Waals surface area contributed by atoms with Crippen LogP contribution >= 0.6 is 0 Å². The van der Waals surface area contributed by atoms with Crippen molar-refractivity contribution >= 4 is 16.9 Å². The second kappa shape index (κ2) is 3.89. The molecule has 2 rings (SSSR count). The number of methoxy groups -OCH3 is 1. The first kappa shape index (κ1) is 11.1. The number of esters is 1. The van der Waals surface area contributed by atoms with E-state index in [0.717, 1.165) is 25.3 Å². The molecule has 17 heavy (non-hydrogen) atoms. The molecule has 1 N–H and O–H groups in total. The van der Waals surface area contributed by atoms with Gasteiger partial charge in [0.05, 0.1) is 12.5 Å². The van der Waals surface area contributed by atoms with Gasteiger partial charge in [0, 0.05) is 12.1 Å². The standard InChI is InChI=1S/C11H7FO5/c1-16-11(15)9-4-7(13)6-2-5(12)3-8(14)10(6)17-9/h2-4,14H,1H3. The maximum atomic E-state index is 13.0. The van der Waals surface area contributed by atoms with Crippen LogP contribution in [0.15, 0.2) is 27.4 Å². The van der Waals surface area contributed by atoms with Crippen molar-refractivity contribution in [1.82, 2.24) is 0 Å². The van der Waals surface area contributed by atoms with E-state index in [1.807, 2.05) is 0 Å². The van der Waals surface area contributed by atoms with Crippen LogP contribution in [-0.2, 0) is 4.74 Å². The number of benzene rings is 1. The number of rotatable bonds is 1. The molecule has 0 radical (unpaired) electrons. The molecule has 0 bridgehead atoms. The molecule has 2 aromatic rings. The minimum Gasteiger partial charge on any atom is -0.504 e. The number of fused-ring (bicyclic) bond motifs is 1. The van der Waals surface area contributed by atoms with Crippen LogP contribution in [0.4, 0.5) is 4.39 Å². The van der Waals surface area contributed by atoms with Crippen molar-refractivity contribution in [3.63, 3.8) is 0 Å². The zero-order valence-corrected chi connectivity index (χ0v) is 8.69. The number of ether oxygens (including phenoxy) is 1. The molecule has 0 unspecified atom stereocenters. The van der Waals surface area contributed by atoms with Crippen molar-refractivity contribution in [3.05, 3.63) is 40.0 Å². The Morgan fingerprint density at radius 2 is 2.12 bits per heavy atom. The Morgan fingerprint density at radius 3 is 2.76 bits per heavy atom. The summed E-state index contributed by atoms with van der Waals surface area (Å²) < 4.78 is 22.3. The lowest BCUT2D eigenvalue weighted by Gasteiger charge is -2.02. The fraction of sp³-hybridized carbons (Fsp3) is 0.0909. The molecule has 0 aliphatic rings. The first-order chi connectivity index (χ1) is 8.02. The van der Waals surface area contributed by atoms with Gasteiger partial charge in [0.15, 0.2) is 16.8 Å². The quantitative estimate of drug-likeness (QED) is 0.760. The van der Waals surface area contributed by atoms with Crippen molar-refractivity contribution in [1.29, 1.82) is 0 Å². The first-order valence-electron chi connectivity index (χ1n) is 4.57. The van der Waals surface area contributed by atoms with Crippen LogP contribution in [-0.4, -0.2) is 18.2 Å². The Labute approximate surface area is 94.0 Å². The number of halogens is 1. The minimum atomic E-state index is -0.854. The van der Waals surface area contributed by atoms with Gasteiger partial charge in [0.1, 0.15) is 5.82 Å². The Hall–Kier alpha value is -2.37. The van der Waals surface area contributed by atoms with Crippen molar-refractivity contribution in [2.24, 2.45) is 0 Å². The highest BCUT2D eigenvalue weighted by Crippen LogP contribution is 2.24. The van der Waals surface area contributed by atoms with Gasteiger partial charge in [-0.2, -0.15) is 0 Å². The Balaban J connectivity index is 2.82. The molecular formula is C11H7FO5. The normalized spacial score (nSPS) is 10.5. The van der Waals surface area contributed by atoms with Gasteiger partial charge in [-0.1, -0.05) is 0 Å². The molecule has 0 saturated heterocycles. The molecular weight excluding hydrogens is 231 g/mol. The topological polar surface area (TPSA) is 76.7 Å². The van der Waals surface area contributed by atoms with Crippen molar-refractivity contribution in [2.45, 2.75) is 0 Å². The average molecular weight is 238 g/mol. The zero-order chi connectivity index (χ0) is 12.6. The molecule has 88 valence electrons. The van der Waals surface area contributed by atoms with Gasteiger partial charge in [-0.3, -0.25) is 4.79 Å². The van der Waals surface area contributed by atoms with Gasteiger partial charge in [-0.25, -0.2) is 9.18 Å². The van der Waals surface area contributed by atoms with Crippen LogP contribution in [0.5, 0.6) is 5.75 Å². The molecule has 1 aromatic heterocycles. The van der Waals surface area contributed by atoms with Crippen LogP contribution in [0.2, 0.25) is 0 Å². The summed E-state index contributed by atoms with van der Waals surface area (Å²) in [4.78, 5) is 22.8. The Morgan fingerprint density at radius 1 is 1.41 bits per heavy atom. The highest BCUT2D eigenvalue weighted by atomic mass is 19.1. The van der Waals surface area contributed by atoms with Crippen LogP contribution in [0.3, 0.4) is 0 Å². The van der Waals surface area contributed by atoms with Crippen LogP contribution in [0, 0.1) is 5.82 Å². The second-order valence-corrected chi connectivity index (χ2v) is 3.27. The van der Waals surface area contributed by atoms with Crippen LogP contribution in [0.25, 0.3) is 11.0 Å². The van der Waals surface area contributed by atoms with E-state index in [0.29, 0.717) is 0 Å². The fourth-order valence-electron chi connectivity index (χ4n) is 1.41. The largest absolute Gasteiger partial charge is 0.504 e. The van der Waals surface area contributed by atoms with E-state index >= 15 is 0 Å². The van der Waals surface area contributed by atoms with Gasteiger partial charge in [-0.05, 0) is 6.07 Å². The summed E-state index contributed by atoms with van der Waals surface area (Å²) >= 11 is 0. The van der Waals surface area contributed by atoms with Gasteiger partial charge in [0.25, 0.3) is 0 Å². The molecule has 6 heteroatoms. The predicted molar refractivity (Wildman–Crippen MR) is 55.4 cm³/mol. The third-order valence-electron chi connectivity index (χ3n) is 2.16. The molecule has 0 amide bonds.